The van der Waals surface area contributed by atoms with Gasteiger partial charge < -0.3 is 11.1 Å². The molecule has 4 nitrogen and oxygen atoms in total. The van der Waals surface area contributed by atoms with Crippen LogP contribution in [0.4, 0.5) is 0 Å². The summed E-state index contributed by atoms with van der Waals surface area (Å²) in [7, 11) is 0. The molecule has 2 aromatic rings. The van der Waals surface area contributed by atoms with Crippen LogP contribution in [-0.2, 0) is 17.8 Å². The summed E-state index contributed by atoms with van der Waals surface area (Å²) in [4.78, 5) is 17.1. The lowest BCUT2D eigenvalue weighted by Gasteiger charge is -2.12. The number of rotatable bonds is 5. The summed E-state index contributed by atoms with van der Waals surface area (Å²) in [5.74, 6) is -0.128. The summed E-state index contributed by atoms with van der Waals surface area (Å²) < 4.78 is 0. The Balaban J connectivity index is 0.00000200. The number of amides is 1. The third-order valence-electron chi connectivity index (χ3n) is 2.90. The third kappa shape index (κ3) is 6.01. The molecule has 2 rings (SSSR count). The highest BCUT2D eigenvalue weighted by molar-refractivity contribution is 7.09. The van der Waals surface area contributed by atoms with Crippen LogP contribution in [0.5, 0.6) is 0 Å². The summed E-state index contributed by atoms with van der Waals surface area (Å²) in [5.41, 5.74) is 9.71. The van der Waals surface area contributed by atoms with Gasteiger partial charge in [-0.25, -0.2) is 4.98 Å². The van der Waals surface area contributed by atoms with Crippen molar-refractivity contribution in [2.24, 2.45) is 5.73 Å². The van der Waals surface area contributed by atoms with E-state index >= 15 is 0 Å². The van der Waals surface area contributed by atoms with E-state index in [2.05, 4.69) is 10.3 Å². The quantitative estimate of drug-likeness (QED) is 0.872. The van der Waals surface area contributed by atoms with Gasteiger partial charge in [0.1, 0.15) is 0 Å². The molecule has 0 saturated carbocycles. The van der Waals surface area contributed by atoms with Gasteiger partial charge in [0.05, 0.1) is 23.8 Å². The van der Waals surface area contributed by atoms with Gasteiger partial charge in [-0.15, -0.1) is 36.2 Å². The third-order valence-corrected chi connectivity index (χ3v) is 3.84. The second-order valence-corrected chi connectivity index (χ2v) is 5.31. The topological polar surface area (TPSA) is 68.0 Å². The Morgan fingerprint density at radius 3 is 2.57 bits per heavy atom. The van der Waals surface area contributed by atoms with E-state index in [9.17, 15) is 4.79 Å². The summed E-state index contributed by atoms with van der Waals surface area (Å²) >= 11 is 1.54. The molecule has 116 valence electrons. The number of carbonyl (C=O) groups excluding carboxylic acids is 1. The van der Waals surface area contributed by atoms with Crippen molar-refractivity contribution in [3.63, 3.8) is 0 Å². The zero-order chi connectivity index (χ0) is 13.7. The van der Waals surface area contributed by atoms with E-state index in [4.69, 9.17) is 5.73 Å². The first-order valence-corrected chi connectivity index (χ1v) is 7.01. The van der Waals surface area contributed by atoms with Crippen LogP contribution >= 0.6 is 36.2 Å². The number of nitrogens with one attached hydrogen (secondary N) is 1. The summed E-state index contributed by atoms with van der Waals surface area (Å²) in [5, 5.41) is 2.85. The fourth-order valence-electron chi connectivity index (χ4n) is 1.76. The number of nitrogens with zero attached hydrogens (tertiary/aromatic N) is 1. The molecule has 3 N–H and O–H groups in total. The van der Waals surface area contributed by atoms with Crippen molar-refractivity contribution in [1.82, 2.24) is 10.3 Å². The number of carbonyl (C=O) groups is 1. The van der Waals surface area contributed by atoms with Crippen LogP contribution < -0.4 is 11.1 Å². The molecule has 0 aliphatic carbocycles. The van der Waals surface area contributed by atoms with Gasteiger partial charge in [0.15, 0.2) is 0 Å². The van der Waals surface area contributed by atoms with Crippen LogP contribution in [0.3, 0.4) is 0 Å². The number of hydrogen-bond acceptors (Lipinski definition) is 4. The maximum Gasteiger partial charge on any atom is 0.237 e. The number of benzene rings is 1. The molecular formula is C14H19Cl2N3OS. The maximum atomic E-state index is 11.9. The number of thiazole rings is 1. The van der Waals surface area contributed by atoms with Crippen molar-refractivity contribution in [3.05, 3.63) is 52.0 Å². The number of nitrogens with two attached hydrogens (primary N) is 1. The maximum absolute atomic E-state index is 11.9. The van der Waals surface area contributed by atoms with Crippen LogP contribution in [-0.4, -0.2) is 16.9 Å². The Kier molecular flexibility index (Phi) is 9.21. The molecule has 1 amide bonds. The molecule has 0 spiro atoms. The van der Waals surface area contributed by atoms with E-state index in [1.165, 1.54) is 0 Å². The lowest BCUT2D eigenvalue weighted by Crippen LogP contribution is -2.41. The Bertz CT molecular complexity index is 548. The lowest BCUT2D eigenvalue weighted by atomic mass is 10.1. The minimum Gasteiger partial charge on any atom is -0.350 e. The van der Waals surface area contributed by atoms with E-state index in [0.717, 1.165) is 16.1 Å². The zero-order valence-corrected chi connectivity index (χ0v) is 14.1. The Hall–Kier alpha value is -1.14. The monoisotopic (exact) mass is 347 g/mol. The minimum atomic E-state index is -0.518. The SMILES string of the molecule is Cc1ncsc1CNC(=O)[C@@H](N)Cc1ccccc1.Cl.Cl. The average Bonchev–Trinajstić information content (AvgIpc) is 2.82. The Morgan fingerprint density at radius 1 is 1.33 bits per heavy atom. The largest absolute Gasteiger partial charge is 0.350 e. The van der Waals surface area contributed by atoms with Crippen molar-refractivity contribution in [3.8, 4) is 0 Å². The molecule has 1 aromatic carbocycles. The molecule has 0 aliphatic rings. The van der Waals surface area contributed by atoms with Gasteiger partial charge in [-0.2, -0.15) is 0 Å². The van der Waals surface area contributed by atoms with Crippen LogP contribution in [0, 0.1) is 6.92 Å². The van der Waals surface area contributed by atoms with Gasteiger partial charge in [-0.1, -0.05) is 30.3 Å². The first-order valence-electron chi connectivity index (χ1n) is 6.13. The van der Waals surface area contributed by atoms with E-state index in [1.54, 1.807) is 16.8 Å². The van der Waals surface area contributed by atoms with Crippen LogP contribution in [0.25, 0.3) is 0 Å². The summed E-state index contributed by atoms with van der Waals surface area (Å²) in [6, 6.07) is 9.26. The molecule has 0 unspecified atom stereocenters. The highest BCUT2D eigenvalue weighted by Gasteiger charge is 2.14. The van der Waals surface area contributed by atoms with Crippen molar-refractivity contribution in [2.75, 3.05) is 0 Å². The smallest absolute Gasteiger partial charge is 0.237 e. The fourth-order valence-corrected chi connectivity index (χ4v) is 2.47. The Labute approximate surface area is 141 Å². The second kappa shape index (κ2) is 9.73. The molecule has 0 fully saturated rings. The molecule has 7 heteroatoms. The molecule has 1 heterocycles. The second-order valence-electron chi connectivity index (χ2n) is 4.37. The molecule has 1 aromatic heterocycles. The molecule has 0 radical (unpaired) electrons. The van der Waals surface area contributed by atoms with Gasteiger partial charge in [-0.3, -0.25) is 4.79 Å². The zero-order valence-electron chi connectivity index (χ0n) is 11.6. The van der Waals surface area contributed by atoms with Gasteiger partial charge in [0, 0.05) is 4.88 Å². The Morgan fingerprint density at radius 2 is 2.00 bits per heavy atom. The minimum absolute atomic E-state index is 0. The summed E-state index contributed by atoms with van der Waals surface area (Å²) in [6.45, 7) is 2.43. The van der Waals surface area contributed by atoms with Crippen molar-refractivity contribution < 1.29 is 4.79 Å². The molecule has 0 aliphatic heterocycles. The average molecular weight is 348 g/mol. The first-order chi connectivity index (χ1) is 9.16. The number of aryl methyl sites for hydroxylation is 1. The van der Waals surface area contributed by atoms with E-state index in [0.29, 0.717) is 13.0 Å². The van der Waals surface area contributed by atoms with Crippen molar-refractivity contribution >= 4 is 42.1 Å². The van der Waals surface area contributed by atoms with Gasteiger partial charge in [0.2, 0.25) is 5.91 Å². The van der Waals surface area contributed by atoms with E-state index in [1.807, 2.05) is 37.3 Å². The standard InChI is InChI=1S/C14H17N3OS.2ClH/c1-10-13(19-9-17-10)8-16-14(18)12(15)7-11-5-3-2-4-6-11;;/h2-6,9,12H,7-8,15H2,1H3,(H,16,18);2*1H/t12-;;/m0../s1. The van der Waals surface area contributed by atoms with Crippen molar-refractivity contribution in [2.45, 2.75) is 25.9 Å². The molecule has 0 saturated heterocycles. The van der Waals surface area contributed by atoms with E-state index < -0.39 is 6.04 Å². The van der Waals surface area contributed by atoms with Crippen LogP contribution in [0.15, 0.2) is 35.8 Å². The molecule has 1 atom stereocenters. The van der Waals surface area contributed by atoms with Gasteiger partial charge in [0.25, 0.3) is 0 Å². The first kappa shape index (κ1) is 19.9. The molecule has 21 heavy (non-hydrogen) atoms. The highest BCUT2D eigenvalue weighted by Crippen LogP contribution is 2.11. The number of halogens is 2. The predicted octanol–water partition coefficient (Wildman–Crippen LogP) is 2.48. The normalized spacial score (nSPS) is 11.0. The fraction of sp³-hybridized carbons (Fsp3) is 0.286. The van der Waals surface area contributed by atoms with E-state index in [-0.39, 0.29) is 30.7 Å². The van der Waals surface area contributed by atoms with Crippen LogP contribution in [0.1, 0.15) is 16.1 Å². The van der Waals surface area contributed by atoms with Crippen molar-refractivity contribution in [1.29, 1.82) is 0 Å². The lowest BCUT2D eigenvalue weighted by molar-refractivity contribution is -0.122. The molecular weight excluding hydrogens is 329 g/mol. The highest BCUT2D eigenvalue weighted by atomic mass is 35.5. The predicted molar refractivity (Wildman–Crippen MR) is 91.3 cm³/mol. The number of aromatic nitrogens is 1. The number of hydrogen-bond donors (Lipinski definition) is 2. The van der Waals surface area contributed by atoms with Gasteiger partial charge in [-0.05, 0) is 18.9 Å². The summed E-state index contributed by atoms with van der Waals surface area (Å²) in [6.07, 6.45) is 0.550. The van der Waals surface area contributed by atoms with Gasteiger partial charge >= 0.3 is 0 Å². The van der Waals surface area contributed by atoms with Crippen LogP contribution in [0.2, 0.25) is 0 Å². The molecule has 0 bridgehead atoms.